The van der Waals surface area contributed by atoms with Gasteiger partial charge in [0.05, 0.1) is 13.2 Å². The molecule has 4 heteroatoms. The first-order valence-corrected chi connectivity index (χ1v) is 6.58. The van der Waals surface area contributed by atoms with E-state index in [0.29, 0.717) is 37.7 Å². The topological polar surface area (TPSA) is 41.6 Å². The third-order valence-corrected chi connectivity index (χ3v) is 3.31. The van der Waals surface area contributed by atoms with Crippen molar-refractivity contribution in [3.63, 3.8) is 0 Å². The van der Waals surface area contributed by atoms with Gasteiger partial charge in [-0.15, -0.1) is 0 Å². The molecule has 100 valence electrons. The smallest absolute Gasteiger partial charge is 0.236 e. The first kappa shape index (κ1) is 14.5. The SMILES string of the molecule is COCCN(C(=O)CNC(C)C)C(C)C1CC1. The normalized spacial score (nSPS) is 17.2. The van der Waals surface area contributed by atoms with Crippen molar-refractivity contribution in [2.75, 3.05) is 26.8 Å². The van der Waals surface area contributed by atoms with Gasteiger partial charge in [-0.05, 0) is 25.7 Å². The summed E-state index contributed by atoms with van der Waals surface area (Å²) in [7, 11) is 1.68. The summed E-state index contributed by atoms with van der Waals surface area (Å²) in [4.78, 5) is 14.1. The largest absolute Gasteiger partial charge is 0.383 e. The van der Waals surface area contributed by atoms with Crippen LogP contribution in [0.2, 0.25) is 0 Å². The van der Waals surface area contributed by atoms with Crippen molar-refractivity contribution in [2.45, 2.75) is 45.7 Å². The Morgan fingerprint density at radius 3 is 2.53 bits per heavy atom. The third-order valence-electron chi connectivity index (χ3n) is 3.31. The van der Waals surface area contributed by atoms with Crippen molar-refractivity contribution in [3.8, 4) is 0 Å². The average molecular weight is 242 g/mol. The second kappa shape index (κ2) is 6.97. The predicted octanol–water partition coefficient (Wildman–Crippen LogP) is 1.26. The zero-order valence-corrected chi connectivity index (χ0v) is 11.5. The zero-order valence-electron chi connectivity index (χ0n) is 11.5. The number of hydrogen-bond donors (Lipinski definition) is 1. The lowest BCUT2D eigenvalue weighted by Crippen LogP contribution is -2.46. The summed E-state index contributed by atoms with van der Waals surface area (Å²) < 4.78 is 5.08. The van der Waals surface area contributed by atoms with Gasteiger partial charge in [-0.3, -0.25) is 4.79 Å². The molecule has 0 bridgehead atoms. The molecule has 0 aliphatic heterocycles. The Morgan fingerprint density at radius 2 is 2.06 bits per heavy atom. The highest BCUT2D eigenvalue weighted by atomic mass is 16.5. The van der Waals surface area contributed by atoms with Gasteiger partial charge >= 0.3 is 0 Å². The molecule has 0 aromatic carbocycles. The predicted molar refractivity (Wildman–Crippen MR) is 68.9 cm³/mol. The molecule has 1 atom stereocenters. The zero-order chi connectivity index (χ0) is 12.8. The molecule has 0 aromatic rings. The van der Waals surface area contributed by atoms with E-state index in [-0.39, 0.29) is 5.91 Å². The van der Waals surface area contributed by atoms with Crippen LogP contribution in [0.4, 0.5) is 0 Å². The average Bonchev–Trinajstić information content (AvgIpc) is 3.10. The second-order valence-corrected chi connectivity index (χ2v) is 5.19. The molecule has 1 fully saturated rings. The van der Waals surface area contributed by atoms with Gasteiger partial charge in [0, 0.05) is 25.7 Å². The minimum Gasteiger partial charge on any atom is -0.383 e. The lowest BCUT2D eigenvalue weighted by atomic mass is 10.2. The highest BCUT2D eigenvalue weighted by Gasteiger charge is 2.33. The molecule has 1 saturated carbocycles. The van der Waals surface area contributed by atoms with Crippen LogP contribution in [0.25, 0.3) is 0 Å². The van der Waals surface area contributed by atoms with E-state index in [2.05, 4.69) is 26.1 Å². The highest BCUT2D eigenvalue weighted by molar-refractivity contribution is 5.78. The second-order valence-electron chi connectivity index (χ2n) is 5.19. The maximum absolute atomic E-state index is 12.1. The van der Waals surface area contributed by atoms with Crippen LogP contribution in [0.5, 0.6) is 0 Å². The van der Waals surface area contributed by atoms with Crippen LogP contribution in [0.15, 0.2) is 0 Å². The van der Waals surface area contributed by atoms with E-state index in [1.165, 1.54) is 12.8 Å². The first-order valence-electron chi connectivity index (χ1n) is 6.58. The molecule has 0 heterocycles. The number of carbonyl (C=O) groups excluding carboxylic acids is 1. The van der Waals surface area contributed by atoms with Gasteiger partial charge in [0.25, 0.3) is 0 Å². The monoisotopic (exact) mass is 242 g/mol. The molecule has 17 heavy (non-hydrogen) atoms. The van der Waals surface area contributed by atoms with E-state index in [1.807, 2.05) is 4.90 Å². The van der Waals surface area contributed by atoms with Crippen molar-refractivity contribution in [2.24, 2.45) is 5.92 Å². The quantitative estimate of drug-likeness (QED) is 0.696. The standard InChI is InChI=1S/C13H26N2O2/c1-10(2)14-9-13(16)15(7-8-17-4)11(3)12-5-6-12/h10-12,14H,5-9H2,1-4H3. The van der Waals surface area contributed by atoms with Crippen molar-refractivity contribution < 1.29 is 9.53 Å². The summed E-state index contributed by atoms with van der Waals surface area (Å²) >= 11 is 0. The summed E-state index contributed by atoms with van der Waals surface area (Å²) in [5, 5.41) is 3.18. The lowest BCUT2D eigenvalue weighted by Gasteiger charge is -2.29. The van der Waals surface area contributed by atoms with E-state index < -0.39 is 0 Å². The molecule has 1 N–H and O–H groups in total. The molecule has 0 saturated heterocycles. The van der Waals surface area contributed by atoms with Crippen LogP contribution < -0.4 is 5.32 Å². The lowest BCUT2D eigenvalue weighted by molar-refractivity contribution is -0.133. The maximum Gasteiger partial charge on any atom is 0.236 e. The minimum absolute atomic E-state index is 0.190. The highest BCUT2D eigenvalue weighted by Crippen LogP contribution is 2.35. The molecule has 1 aliphatic carbocycles. The molecule has 4 nitrogen and oxygen atoms in total. The summed E-state index contributed by atoms with van der Waals surface area (Å²) in [6.45, 7) is 8.00. The Labute approximate surface area is 105 Å². The summed E-state index contributed by atoms with van der Waals surface area (Å²) in [6, 6.07) is 0.700. The van der Waals surface area contributed by atoms with Gasteiger partial charge in [-0.1, -0.05) is 13.8 Å². The number of amides is 1. The number of methoxy groups -OCH3 is 1. The van der Waals surface area contributed by atoms with E-state index in [0.717, 1.165) is 0 Å². The Kier molecular flexibility index (Phi) is 5.92. The van der Waals surface area contributed by atoms with Gasteiger partial charge < -0.3 is 15.0 Å². The molecule has 0 radical (unpaired) electrons. The fourth-order valence-electron chi connectivity index (χ4n) is 1.97. The minimum atomic E-state index is 0.190. The molecule has 1 aliphatic rings. The van der Waals surface area contributed by atoms with Crippen LogP contribution in [0.1, 0.15) is 33.6 Å². The molecular weight excluding hydrogens is 216 g/mol. The van der Waals surface area contributed by atoms with Crippen molar-refractivity contribution in [3.05, 3.63) is 0 Å². The van der Waals surface area contributed by atoms with Gasteiger partial charge in [-0.2, -0.15) is 0 Å². The summed E-state index contributed by atoms with van der Waals surface area (Å²) in [6.07, 6.45) is 2.52. The van der Waals surface area contributed by atoms with E-state index >= 15 is 0 Å². The van der Waals surface area contributed by atoms with Crippen molar-refractivity contribution in [1.29, 1.82) is 0 Å². The number of ether oxygens (including phenoxy) is 1. The van der Waals surface area contributed by atoms with Gasteiger partial charge in [-0.25, -0.2) is 0 Å². The first-order chi connectivity index (χ1) is 8.06. The third kappa shape index (κ3) is 5.04. The Hall–Kier alpha value is -0.610. The maximum atomic E-state index is 12.1. The molecule has 1 unspecified atom stereocenters. The van der Waals surface area contributed by atoms with E-state index in [9.17, 15) is 4.79 Å². The van der Waals surface area contributed by atoms with E-state index in [4.69, 9.17) is 4.74 Å². The Balaban J connectivity index is 2.45. The molecule has 1 amide bonds. The van der Waals surface area contributed by atoms with Crippen LogP contribution in [-0.4, -0.2) is 49.7 Å². The van der Waals surface area contributed by atoms with Gasteiger partial charge in [0.15, 0.2) is 0 Å². The van der Waals surface area contributed by atoms with Gasteiger partial charge in [0.1, 0.15) is 0 Å². The van der Waals surface area contributed by atoms with Gasteiger partial charge in [0.2, 0.25) is 5.91 Å². The molecular formula is C13H26N2O2. The summed E-state index contributed by atoms with van der Waals surface area (Å²) in [5.74, 6) is 0.894. The van der Waals surface area contributed by atoms with Crippen molar-refractivity contribution >= 4 is 5.91 Å². The summed E-state index contributed by atoms with van der Waals surface area (Å²) in [5.41, 5.74) is 0. The van der Waals surface area contributed by atoms with Crippen LogP contribution in [0.3, 0.4) is 0 Å². The molecule has 0 aromatic heterocycles. The van der Waals surface area contributed by atoms with Crippen molar-refractivity contribution in [1.82, 2.24) is 10.2 Å². The number of rotatable bonds is 8. The Morgan fingerprint density at radius 1 is 1.41 bits per heavy atom. The molecule has 0 spiro atoms. The van der Waals surface area contributed by atoms with E-state index in [1.54, 1.807) is 7.11 Å². The van der Waals surface area contributed by atoms with Crippen LogP contribution in [0, 0.1) is 5.92 Å². The Bertz CT molecular complexity index is 240. The molecule has 1 rings (SSSR count). The fraction of sp³-hybridized carbons (Fsp3) is 0.923. The number of nitrogens with zero attached hydrogens (tertiary/aromatic N) is 1. The van der Waals surface area contributed by atoms with Crippen LogP contribution in [-0.2, 0) is 9.53 Å². The van der Waals surface area contributed by atoms with Crippen LogP contribution >= 0.6 is 0 Å². The number of hydrogen-bond acceptors (Lipinski definition) is 3. The number of carbonyl (C=O) groups is 1. The fourth-order valence-corrected chi connectivity index (χ4v) is 1.97. The number of nitrogens with one attached hydrogen (secondary N) is 1.